The van der Waals surface area contributed by atoms with Crippen molar-refractivity contribution in [2.75, 3.05) is 44.6 Å². The fourth-order valence-corrected chi connectivity index (χ4v) is 5.26. The van der Waals surface area contributed by atoms with Crippen LogP contribution in [0.15, 0.2) is 29.4 Å². The third-order valence-electron chi connectivity index (χ3n) is 6.74. The van der Waals surface area contributed by atoms with Crippen molar-refractivity contribution < 1.29 is 24.2 Å². The van der Waals surface area contributed by atoms with Crippen LogP contribution in [-0.4, -0.2) is 94.3 Å². The Kier molecular flexibility index (Phi) is 6.62. The highest BCUT2D eigenvalue weighted by Gasteiger charge is 2.67. The Hall–Kier alpha value is -2.66. The molecule has 0 aromatic carbocycles. The number of piperazine rings is 1. The fraction of sp³-hybridized carbons (Fsp3) is 0.545. The number of fused-ring (bicyclic) bond motifs is 1. The van der Waals surface area contributed by atoms with Crippen LogP contribution in [0.4, 0.5) is 15.4 Å². The van der Waals surface area contributed by atoms with E-state index >= 15 is 0 Å². The van der Waals surface area contributed by atoms with E-state index in [1.807, 2.05) is 13.0 Å². The number of rotatable bonds is 6. The van der Waals surface area contributed by atoms with E-state index < -0.39 is 12.1 Å². The number of carbonyl (C=O) groups is 3. The molecule has 2 N–H and O–H groups in total. The monoisotopic (exact) mass is 521 g/mol. The number of aromatic nitrogens is 1. The summed E-state index contributed by atoms with van der Waals surface area (Å²) in [5, 5.41) is 12.6. The highest BCUT2D eigenvalue weighted by atomic mass is 79.9. The number of pyridine rings is 1. The number of anilines is 1. The minimum atomic E-state index is -1.08. The van der Waals surface area contributed by atoms with Gasteiger partial charge < -0.3 is 20.1 Å². The number of aryl methyl sites for hydroxylation is 1. The quantitative estimate of drug-likeness (QED) is 0.436. The summed E-state index contributed by atoms with van der Waals surface area (Å²) in [6.07, 6.45) is 1.34. The number of hydrogen-bond acceptors (Lipinski definition) is 6. The third kappa shape index (κ3) is 4.84. The summed E-state index contributed by atoms with van der Waals surface area (Å²) in [5.74, 6) is 0.0706. The number of halogens is 1. The van der Waals surface area contributed by atoms with Crippen LogP contribution in [-0.2, 0) is 9.53 Å². The SMILES string of the molecule is C=CCOC(=O)N1CCN(CC23CC(C(=O)Nc4nc(Br)ccc4C)N(C(=O)O)C2C3)CC1. The lowest BCUT2D eigenvalue weighted by Crippen LogP contribution is -2.50. The van der Waals surface area contributed by atoms with Gasteiger partial charge in [0.2, 0.25) is 5.91 Å². The van der Waals surface area contributed by atoms with E-state index in [-0.39, 0.29) is 30.1 Å². The molecule has 3 amide bonds. The second-order valence-corrected chi connectivity index (χ2v) is 9.72. The van der Waals surface area contributed by atoms with Gasteiger partial charge in [0.1, 0.15) is 23.1 Å². The minimum absolute atomic E-state index is 0.169. The highest BCUT2D eigenvalue weighted by molar-refractivity contribution is 9.10. The minimum Gasteiger partial charge on any atom is -0.465 e. The van der Waals surface area contributed by atoms with Crippen LogP contribution >= 0.6 is 15.9 Å². The zero-order valence-corrected chi connectivity index (χ0v) is 20.1. The van der Waals surface area contributed by atoms with Crippen molar-refractivity contribution in [3.05, 3.63) is 35.0 Å². The van der Waals surface area contributed by atoms with Crippen LogP contribution in [0.2, 0.25) is 0 Å². The maximum atomic E-state index is 13.0. The van der Waals surface area contributed by atoms with Crippen LogP contribution in [0, 0.1) is 12.3 Å². The predicted molar refractivity (Wildman–Crippen MR) is 124 cm³/mol. The van der Waals surface area contributed by atoms with E-state index in [2.05, 4.69) is 37.7 Å². The molecule has 33 heavy (non-hydrogen) atoms. The van der Waals surface area contributed by atoms with Crippen LogP contribution in [0.5, 0.6) is 0 Å². The molecule has 3 unspecified atom stereocenters. The van der Waals surface area contributed by atoms with Gasteiger partial charge in [0, 0.05) is 44.2 Å². The maximum absolute atomic E-state index is 13.0. The topological polar surface area (TPSA) is 115 Å². The Labute approximate surface area is 200 Å². The molecule has 0 spiro atoms. The first-order valence-electron chi connectivity index (χ1n) is 10.9. The van der Waals surface area contributed by atoms with Gasteiger partial charge in [0.05, 0.1) is 0 Å². The first kappa shape index (κ1) is 23.5. The number of nitrogens with one attached hydrogen (secondary N) is 1. The van der Waals surface area contributed by atoms with Crippen LogP contribution in [0.1, 0.15) is 18.4 Å². The second-order valence-electron chi connectivity index (χ2n) is 8.91. The van der Waals surface area contributed by atoms with Crippen molar-refractivity contribution in [3.63, 3.8) is 0 Å². The molecule has 1 aliphatic carbocycles. The van der Waals surface area contributed by atoms with Gasteiger partial charge in [-0.15, -0.1) is 0 Å². The van der Waals surface area contributed by atoms with Crippen molar-refractivity contribution in [2.45, 2.75) is 31.8 Å². The number of piperidine rings is 1. The number of likely N-dealkylation sites (tertiary alicyclic amines) is 1. The summed E-state index contributed by atoms with van der Waals surface area (Å²) >= 11 is 3.30. The molecule has 3 heterocycles. The summed E-state index contributed by atoms with van der Waals surface area (Å²) < 4.78 is 5.69. The Bertz CT molecular complexity index is 966. The molecule has 3 atom stereocenters. The molecule has 2 saturated heterocycles. The van der Waals surface area contributed by atoms with Gasteiger partial charge in [-0.05, 0) is 47.3 Å². The second kappa shape index (κ2) is 9.30. The van der Waals surface area contributed by atoms with E-state index in [1.165, 1.54) is 11.0 Å². The van der Waals surface area contributed by atoms with Crippen molar-refractivity contribution in [1.82, 2.24) is 19.7 Å². The first-order chi connectivity index (χ1) is 15.7. The van der Waals surface area contributed by atoms with Crippen LogP contribution in [0.25, 0.3) is 0 Å². The number of carbonyl (C=O) groups excluding carboxylic acids is 2. The van der Waals surface area contributed by atoms with Crippen molar-refractivity contribution in [2.24, 2.45) is 5.41 Å². The number of amides is 3. The highest BCUT2D eigenvalue weighted by Crippen LogP contribution is 2.60. The largest absolute Gasteiger partial charge is 0.465 e. The van der Waals surface area contributed by atoms with E-state index in [0.29, 0.717) is 49.6 Å². The van der Waals surface area contributed by atoms with Gasteiger partial charge in [0.15, 0.2) is 0 Å². The van der Waals surface area contributed by atoms with E-state index in [4.69, 9.17) is 4.74 Å². The molecule has 3 aliphatic rings. The average Bonchev–Trinajstić information content (AvgIpc) is 3.36. The fourth-order valence-electron chi connectivity index (χ4n) is 4.95. The van der Waals surface area contributed by atoms with Gasteiger partial charge in [-0.1, -0.05) is 18.7 Å². The zero-order chi connectivity index (χ0) is 23.8. The molecule has 1 aromatic rings. The molecule has 4 rings (SSSR count). The Morgan fingerprint density at radius 2 is 2.03 bits per heavy atom. The molecule has 2 aliphatic heterocycles. The molecule has 1 aromatic heterocycles. The Morgan fingerprint density at radius 1 is 1.30 bits per heavy atom. The predicted octanol–water partition coefficient (Wildman–Crippen LogP) is 2.54. The molecular weight excluding hydrogens is 494 g/mol. The summed E-state index contributed by atoms with van der Waals surface area (Å²) in [6.45, 7) is 8.74. The Balaban J connectivity index is 1.38. The Morgan fingerprint density at radius 3 is 2.70 bits per heavy atom. The summed E-state index contributed by atoms with van der Waals surface area (Å²) in [5.41, 5.74) is 0.571. The lowest BCUT2D eigenvalue weighted by Gasteiger charge is -2.35. The summed E-state index contributed by atoms with van der Waals surface area (Å²) in [6, 6.07) is 2.70. The first-order valence-corrected chi connectivity index (χ1v) is 11.7. The average molecular weight is 522 g/mol. The van der Waals surface area contributed by atoms with Gasteiger partial charge in [0.25, 0.3) is 0 Å². The summed E-state index contributed by atoms with van der Waals surface area (Å²) in [7, 11) is 0. The lowest BCUT2D eigenvalue weighted by molar-refractivity contribution is -0.120. The van der Waals surface area contributed by atoms with Crippen molar-refractivity contribution in [1.29, 1.82) is 0 Å². The molecular formula is C22H28BrN5O5. The molecule has 10 nitrogen and oxygen atoms in total. The molecule has 11 heteroatoms. The molecule has 178 valence electrons. The smallest absolute Gasteiger partial charge is 0.410 e. The third-order valence-corrected chi connectivity index (χ3v) is 7.18. The number of nitrogens with zero attached hydrogens (tertiary/aromatic N) is 4. The normalized spacial score (nSPS) is 26.5. The van der Waals surface area contributed by atoms with Crippen molar-refractivity contribution >= 4 is 39.8 Å². The maximum Gasteiger partial charge on any atom is 0.410 e. The van der Waals surface area contributed by atoms with E-state index in [0.717, 1.165) is 12.0 Å². The van der Waals surface area contributed by atoms with Gasteiger partial charge >= 0.3 is 12.2 Å². The van der Waals surface area contributed by atoms with Crippen LogP contribution < -0.4 is 5.32 Å². The standard InChI is InChI=1S/C22H28BrN5O5/c1-3-10-33-21(32)27-8-6-26(7-9-27)13-22-11-15(28(20(30)31)16(22)12-22)19(29)25-18-14(2)4-5-17(23)24-18/h3-5,15-16H,1,6-13H2,2H3,(H,30,31)(H,24,25,29). The summed E-state index contributed by atoms with van der Waals surface area (Å²) in [4.78, 5) is 46.6. The van der Waals surface area contributed by atoms with Crippen LogP contribution in [0.3, 0.4) is 0 Å². The van der Waals surface area contributed by atoms with Crippen molar-refractivity contribution in [3.8, 4) is 0 Å². The number of carboxylic acid groups (broad SMARTS) is 1. The van der Waals surface area contributed by atoms with E-state index in [9.17, 15) is 19.5 Å². The molecule has 3 fully saturated rings. The van der Waals surface area contributed by atoms with Gasteiger partial charge in [-0.2, -0.15) is 0 Å². The number of ether oxygens (including phenoxy) is 1. The molecule has 1 saturated carbocycles. The van der Waals surface area contributed by atoms with Gasteiger partial charge in [-0.25, -0.2) is 14.6 Å². The molecule has 0 bridgehead atoms. The van der Waals surface area contributed by atoms with E-state index in [1.54, 1.807) is 11.0 Å². The lowest BCUT2D eigenvalue weighted by atomic mass is 9.98. The van der Waals surface area contributed by atoms with Gasteiger partial charge in [-0.3, -0.25) is 14.6 Å². The zero-order valence-electron chi connectivity index (χ0n) is 18.5. The molecule has 0 radical (unpaired) electrons. The number of hydrogen-bond donors (Lipinski definition) is 2.